The Hall–Kier alpha value is -1.99. The summed E-state index contributed by atoms with van der Waals surface area (Å²) in [5.74, 6) is 0.567. The zero-order chi connectivity index (χ0) is 15.2. The van der Waals surface area contributed by atoms with Gasteiger partial charge in [-0.1, -0.05) is 24.3 Å². The van der Waals surface area contributed by atoms with Crippen molar-refractivity contribution in [3.63, 3.8) is 0 Å². The van der Waals surface area contributed by atoms with Crippen LogP contribution in [0.25, 0.3) is 0 Å². The normalized spacial score (nSPS) is 10.4. The Morgan fingerprint density at radius 3 is 2.81 bits per heavy atom. The number of ether oxygens (including phenoxy) is 1. The predicted octanol–water partition coefficient (Wildman–Crippen LogP) is 3.51. The molecule has 6 nitrogen and oxygen atoms in total. The van der Waals surface area contributed by atoms with Crippen molar-refractivity contribution >= 4 is 27.4 Å². The zero-order valence-electron chi connectivity index (χ0n) is 11.4. The van der Waals surface area contributed by atoms with Crippen LogP contribution in [0, 0.1) is 10.1 Å². The van der Waals surface area contributed by atoms with Gasteiger partial charge in [0.25, 0.3) is 5.69 Å². The molecule has 0 radical (unpaired) electrons. The molecule has 0 unspecified atom stereocenters. The number of benzene rings is 1. The van der Waals surface area contributed by atoms with E-state index in [1.807, 2.05) is 24.3 Å². The summed E-state index contributed by atoms with van der Waals surface area (Å²) >= 11 is 3.28. The van der Waals surface area contributed by atoms with Crippen LogP contribution in [0.5, 0.6) is 0 Å². The van der Waals surface area contributed by atoms with Gasteiger partial charge < -0.3 is 10.1 Å². The highest BCUT2D eigenvalue weighted by molar-refractivity contribution is 9.10. The van der Waals surface area contributed by atoms with Crippen LogP contribution in [0.4, 0.5) is 11.5 Å². The van der Waals surface area contributed by atoms with Crippen LogP contribution in [0.15, 0.2) is 41.0 Å². The lowest BCUT2D eigenvalue weighted by molar-refractivity contribution is -0.385. The van der Waals surface area contributed by atoms with E-state index >= 15 is 0 Å². The Morgan fingerprint density at radius 2 is 2.14 bits per heavy atom. The highest BCUT2D eigenvalue weighted by Crippen LogP contribution is 2.24. The average Bonchev–Trinajstić information content (AvgIpc) is 2.46. The number of hydrogen-bond donors (Lipinski definition) is 1. The van der Waals surface area contributed by atoms with Gasteiger partial charge in [0.15, 0.2) is 0 Å². The number of hydrogen-bond acceptors (Lipinski definition) is 5. The maximum absolute atomic E-state index is 10.7. The number of methoxy groups -OCH3 is 1. The van der Waals surface area contributed by atoms with Gasteiger partial charge in [0.2, 0.25) is 0 Å². The van der Waals surface area contributed by atoms with E-state index in [0.29, 0.717) is 23.4 Å². The quantitative estimate of drug-likeness (QED) is 0.636. The summed E-state index contributed by atoms with van der Waals surface area (Å²) in [6.07, 6.45) is 1.23. The Labute approximate surface area is 130 Å². The lowest BCUT2D eigenvalue weighted by Gasteiger charge is -2.08. The minimum Gasteiger partial charge on any atom is -0.380 e. The number of pyridine rings is 1. The van der Waals surface area contributed by atoms with Crippen molar-refractivity contribution in [1.29, 1.82) is 0 Å². The molecule has 0 aliphatic carbocycles. The Balaban J connectivity index is 2.06. The third-order valence-corrected chi connectivity index (χ3v) is 3.40. The van der Waals surface area contributed by atoms with Crippen LogP contribution in [-0.4, -0.2) is 17.0 Å². The lowest BCUT2D eigenvalue weighted by atomic mass is 10.1. The summed E-state index contributed by atoms with van der Waals surface area (Å²) < 4.78 is 5.66. The molecule has 0 bridgehead atoms. The zero-order valence-corrected chi connectivity index (χ0v) is 13.0. The van der Waals surface area contributed by atoms with Crippen LogP contribution in [-0.2, 0) is 17.9 Å². The van der Waals surface area contributed by atoms with Gasteiger partial charge >= 0.3 is 0 Å². The third-order valence-electron chi connectivity index (χ3n) is 2.80. The average molecular weight is 352 g/mol. The first-order valence-electron chi connectivity index (χ1n) is 6.20. The van der Waals surface area contributed by atoms with E-state index in [1.54, 1.807) is 7.11 Å². The number of nitrogens with one attached hydrogen (secondary N) is 1. The molecule has 110 valence electrons. The van der Waals surface area contributed by atoms with Crippen LogP contribution < -0.4 is 5.32 Å². The molecule has 0 aliphatic heterocycles. The number of anilines is 1. The van der Waals surface area contributed by atoms with Gasteiger partial charge in [-0.15, -0.1) is 0 Å². The third kappa shape index (κ3) is 4.24. The highest BCUT2D eigenvalue weighted by Gasteiger charge is 2.10. The fourth-order valence-electron chi connectivity index (χ4n) is 1.84. The minimum atomic E-state index is -0.476. The Kier molecular flexibility index (Phi) is 5.24. The maximum atomic E-state index is 10.7. The topological polar surface area (TPSA) is 77.3 Å². The Bertz CT molecular complexity index is 649. The van der Waals surface area contributed by atoms with E-state index in [2.05, 4.69) is 26.2 Å². The molecule has 1 aromatic carbocycles. The van der Waals surface area contributed by atoms with Crippen molar-refractivity contribution in [3.05, 3.63) is 62.2 Å². The van der Waals surface area contributed by atoms with Crippen molar-refractivity contribution < 1.29 is 9.66 Å². The summed E-state index contributed by atoms with van der Waals surface area (Å²) in [7, 11) is 1.66. The largest absolute Gasteiger partial charge is 0.380 e. The first kappa shape index (κ1) is 15.4. The second-order valence-electron chi connectivity index (χ2n) is 4.39. The molecule has 1 N–H and O–H groups in total. The van der Waals surface area contributed by atoms with E-state index in [0.717, 1.165) is 11.1 Å². The molecule has 0 aliphatic rings. The molecule has 0 saturated carbocycles. The fraction of sp³-hybridized carbons (Fsp3) is 0.214. The molecule has 0 amide bonds. The minimum absolute atomic E-state index is 0.0467. The first-order chi connectivity index (χ1) is 10.1. The summed E-state index contributed by atoms with van der Waals surface area (Å²) in [5, 5.41) is 13.8. The van der Waals surface area contributed by atoms with E-state index in [4.69, 9.17) is 4.74 Å². The van der Waals surface area contributed by atoms with Crippen molar-refractivity contribution in [2.24, 2.45) is 0 Å². The molecule has 1 heterocycles. The summed E-state index contributed by atoms with van der Waals surface area (Å²) in [6.45, 7) is 1.13. The second-order valence-corrected chi connectivity index (χ2v) is 5.24. The smallest absolute Gasteiger partial charge is 0.288 e. The molecular weight excluding hydrogens is 338 g/mol. The van der Waals surface area contributed by atoms with E-state index in [1.165, 1.54) is 12.3 Å². The number of rotatable bonds is 6. The van der Waals surface area contributed by atoms with Gasteiger partial charge in [0.1, 0.15) is 12.0 Å². The van der Waals surface area contributed by atoms with Crippen LogP contribution in [0.3, 0.4) is 0 Å². The monoisotopic (exact) mass is 351 g/mol. The first-order valence-corrected chi connectivity index (χ1v) is 7.00. The van der Waals surface area contributed by atoms with Gasteiger partial charge in [-0.25, -0.2) is 4.98 Å². The van der Waals surface area contributed by atoms with E-state index in [9.17, 15) is 10.1 Å². The lowest BCUT2D eigenvalue weighted by Crippen LogP contribution is -2.03. The van der Waals surface area contributed by atoms with Crippen LogP contribution in [0.2, 0.25) is 0 Å². The number of halogens is 1. The van der Waals surface area contributed by atoms with Crippen molar-refractivity contribution in [3.8, 4) is 0 Å². The molecule has 2 aromatic rings. The van der Waals surface area contributed by atoms with Crippen molar-refractivity contribution in [2.45, 2.75) is 13.2 Å². The summed E-state index contributed by atoms with van der Waals surface area (Å²) in [4.78, 5) is 14.2. The highest BCUT2D eigenvalue weighted by atomic mass is 79.9. The molecule has 1 aromatic heterocycles. The number of nitro groups is 1. The molecule has 0 spiro atoms. The standard InChI is InChI=1S/C14H14BrN3O3/c1-21-9-11-4-2-3-10(5-11)7-16-14-13(15)6-12(8-17-14)18(19)20/h2-6,8H,7,9H2,1H3,(H,16,17). The maximum Gasteiger partial charge on any atom is 0.288 e. The second kappa shape index (κ2) is 7.14. The Morgan fingerprint density at radius 1 is 1.38 bits per heavy atom. The SMILES string of the molecule is COCc1cccc(CNc2ncc([N+](=O)[O-])cc2Br)c1. The number of aromatic nitrogens is 1. The van der Waals surface area contributed by atoms with Crippen molar-refractivity contribution in [1.82, 2.24) is 4.98 Å². The molecule has 21 heavy (non-hydrogen) atoms. The summed E-state index contributed by atoms with van der Waals surface area (Å²) in [6, 6.07) is 9.41. The molecule has 0 atom stereocenters. The van der Waals surface area contributed by atoms with Crippen LogP contribution >= 0.6 is 15.9 Å². The molecule has 0 saturated heterocycles. The van der Waals surface area contributed by atoms with Gasteiger partial charge in [-0.05, 0) is 27.1 Å². The number of nitrogens with zero attached hydrogens (tertiary/aromatic N) is 2. The van der Waals surface area contributed by atoms with Crippen LogP contribution in [0.1, 0.15) is 11.1 Å². The van der Waals surface area contributed by atoms with Gasteiger partial charge in [-0.2, -0.15) is 0 Å². The van der Waals surface area contributed by atoms with Gasteiger partial charge in [-0.3, -0.25) is 10.1 Å². The van der Waals surface area contributed by atoms with E-state index in [-0.39, 0.29) is 5.69 Å². The fourth-order valence-corrected chi connectivity index (χ4v) is 2.32. The molecular formula is C14H14BrN3O3. The van der Waals surface area contributed by atoms with Gasteiger partial charge in [0.05, 0.1) is 16.0 Å². The molecule has 7 heteroatoms. The summed E-state index contributed by atoms with van der Waals surface area (Å²) in [5.41, 5.74) is 2.12. The predicted molar refractivity (Wildman–Crippen MR) is 83.1 cm³/mol. The molecule has 0 fully saturated rings. The molecule has 2 rings (SSSR count). The van der Waals surface area contributed by atoms with Gasteiger partial charge in [0, 0.05) is 19.7 Å². The van der Waals surface area contributed by atoms with Crippen molar-refractivity contribution in [2.75, 3.05) is 12.4 Å². The van der Waals surface area contributed by atoms with E-state index < -0.39 is 4.92 Å².